The highest BCUT2D eigenvalue weighted by Gasteiger charge is 1.94. The third-order valence-electron chi connectivity index (χ3n) is 1.76. The molecule has 1 aromatic heterocycles. The Balaban J connectivity index is 2.15. The Bertz CT molecular complexity index is 265. The Morgan fingerprint density at radius 1 is 1.71 bits per heavy atom. The zero-order chi connectivity index (χ0) is 10.2. The minimum Gasteiger partial charge on any atom is -0.370 e. The fourth-order valence-electron chi connectivity index (χ4n) is 1.03. The van der Waals surface area contributed by atoms with Crippen LogP contribution < -0.4 is 11.1 Å². The second kappa shape index (κ2) is 6.01. The van der Waals surface area contributed by atoms with Gasteiger partial charge < -0.3 is 16.0 Å². The summed E-state index contributed by atoms with van der Waals surface area (Å²) in [5, 5.41) is 3.04. The lowest BCUT2D eigenvalue weighted by Gasteiger charge is -2.03. The second-order valence-corrected chi connectivity index (χ2v) is 3.02. The summed E-state index contributed by atoms with van der Waals surface area (Å²) in [6.45, 7) is 3.63. The van der Waals surface area contributed by atoms with E-state index in [0.29, 0.717) is 5.96 Å². The first kappa shape index (κ1) is 10.6. The van der Waals surface area contributed by atoms with Crippen molar-refractivity contribution in [3.63, 3.8) is 0 Å². The number of imidazole rings is 1. The Hall–Kier alpha value is -1.52. The monoisotopic (exact) mass is 195 g/mol. The molecule has 0 saturated heterocycles. The van der Waals surface area contributed by atoms with Gasteiger partial charge in [-0.15, -0.1) is 0 Å². The molecule has 1 heterocycles. The largest absolute Gasteiger partial charge is 0.370 e. The number of H-pyrrole nitrogens is 1. The van der Waals surface area contributed by atoms with Crippen LogP contribution in [-0.2, 0) is 6.42 Å². The molecule has 0 aliphatic rings. The molecule has 4 N–H and O–H groups in total. The van der Waals surface area contributed by atoms with Gasteiger partial charge in [0.25, 0.3) is 0 Å². The molecule has 0 aliphatic heterocycles. The van der Waals surface area contributed by atoms with Crippen LogP contribution in [0.1, 0.15) is 19.0 Å². The molecule has 5 heteroatoms. The fraction of sp³-hybridized carbons (Fsp3) is 0.556. The first-order valence-electron chi connectivity index (χ1n) is 4.84. The van der Waals surface area contributed by atoms with E-state index < -0.39 is 0 Å². The SMILES string of the molecule is CCCN=C(N)NCCc1cnc[nH]1. The molecule has 0 aromatic carbocycles. The molecular formula is C9H17N5. The van der Waals surface area contributed by atoms with Gasteiger partial charge in [0.15, 0.2) is 5.96 Å². The van der Waals surface area contributed by atoms with Gasteiger partial charge in [0, 0.05) is 31.4 Å². The average Bonchev–Trinajstić information content (AvgIpc) is 2.67. The zero-order valence-corrected chi connectivity index (χ0v) is 8.45. The van der Waals surface area contributed by atoms with Crippen LogP contribution in [0.3, 0.4) is 0 Å². The molecule has 14 heavy (non-hydrogen) atoms. The number of hydrogen-bond acceptors (Lipinski definition) is 2. The van der Waals surface area contributed by atoms with Crippen LogP contribution in [0.5, 0.6) is 0 Å². The second-order valence-electron chi connectivity index (χ2n) is 3.02. The maximum Gasteiger partial charge on any atom is 0.188 e. The first-order valence-corrected chi connectivity index (χ1v) is 4.84. The summed E-state index contributed by atoms with van der Waals surface area (Å²) in [4.78, 5) is 11.1. The van der Waals surface area contributed by atoms with Crippen molar-refractivity contribution >= 4 is 5.96 Å². The molecule has 0 amide bonds. The Morgan fingerprint density at radius 3 is 3.21 bits per heavy atom. The standard InChI is InChI=1S/C9H17N5/c1-2-4-12-9(10)13-5-3-8-6-11-7-14-8/h6-7H,2-5H2,1H3,(H,11,14)(H3,10,12,13). The van der Waals surface area contributed by atoms with E-state index in [9.17, 15) is 0 Å². The van der Waals surface area contributed by atoms with Gasteiger partial charge in [-0.05, 0) is 6.42 Å². The summed E-state index contributed by atoms with van der Waals surface area (Å²) in [6, 6.07) is 0. The highest BCUT2D eigenvalue weighted by Crippen LogP contribution is 1.90. The smallest absolute Gasteiger partial charge is 0.188 e. The van der Waals surface area contributed by atoms with Crippen molar-refractivity contribution < 1.29 is 0 Å². The highest BCUT2D eigenvalue weighted by atomic mass is 15.1. The molecule has 0 spiro atoms. The van der Waals surface area contributed by atoms with Crippen molar-refractivity contribution in [1.82, 2.24) is 15.3 Å². The number of hydrogen-bond donors (Lipinski definition) is 3. The van der Waals surface area contributed by atoms with Crippen molar-refractivity contribution in [3.05, 3.63) is 18.2 Å². The predicted octanol–water partition coefficient (Wildman–Crippen LogP) is 0.266. The Morgan fingerprint density at radius 2 is 2.57 bits per heavy atom. The summed E-state index contributed by atoms with van der Waals surface area (Å²) in [6.07, 6.45) is 5.37. The maximum atomic E-state index is 5.61. The quantitative estimate of drug-likeness (QED) is 0.466. The van der Waals surface area contributed by atoms with E-state index in [0.717, 1.165) is 31.6 Å². The molecule has 0 bridgehead atoms. The van der Waals surface area contributed by atoms with Crippen LogP contribution >= 0.6 is 0 Å². The molecule has 5 nitrogen and oxygen atoms in total. The van der Waals surface area contributed by atoms with Gasteiger partial charge in [-0.3, -0.25) is 4.99 Å². The van der Waals surface area contributed by atoms with Gasteiger partial charge in [0.05, 0.1) is 6.33 Å². The summed E-state index contributed by atoms with van der Waals surface area (Å²) in [5.41, 5.74) is 6.71. The number of nitrogens with zero attached hydrogens (tertiary/aromatic N) is 2. The number of nitrogens with one attached hydrogen (secondary N) is 2. The summed E-state index contributed by atoms with van der Waals surface area (Å²) in [5.74, 6) is 0.520. The predicted molar refractivity (Wildman–Crippen MR) is 57.1 cm³/mol. The Labute approximate surface area is 83.8 Å². The van der Waals surface area contributed by atoms with Gasteiger partial charge in [-0.2, -0.15) is 0 Å². The number of aromatic nitrogens is 2. The lowest BCUT2D eigenvalue weighted by atomic mass is 10.3. The van der Waals surface area contributed by atoms with E-state index in [1.807, 2.05) is 0 Å². The van der Waals surface area contributed by atoms with Gasteiger partial charge in [0.2, 0.25) is 0 Å². The Kier molecular flexibility index (Phi) is 4.54. The van der Waals surface area contributed by atoms with E-state index in [2.05, 4.69) is 27.2 Å². The molecule has 0 aliphatic carbocycles. The van der Waals surface area contributed by atoms with Crippen LogP contribution in [0.4, 0.5) is 0 Å². The third kappa shape index (κ3) is 3.93. The number of guanidine groups is 1. The average molecular weight is 195 g/mol. The molecule has 1 aromatic rings. The maximum absolute atomic E-state index is 5.61. The minimum atomic E-state index is 0.520. The summed E-state index contributed by atoms with van der Waals surface area (Å²) >= 11 is 0. The highest BCUT2D eigenvalue weighted by molar-refractivity contribution is 5.77. The third-order valence-corrected chi connectivity index (χ3v) is 1.76. The van der Waals surface area contributed by atoms with Gasteiger partial charge in [-0.1, -0.05) is 6.92 Å². The van der Waals surface area contributed by atoms with Crippen molar-refractivity contribution in [2.24, 2.45) is 10.7 Å². The van der Waals surface area contributed by atoms with Crippen LogP contribution in [0, 0.1) is 0 Å². The molecule has 78 valence electrons. The summed E-state index contributed by atoms with van der Waals surface area (Å²) < 4.78 is 0. The molecule has 0 unspecified atom stereocenters. The van der Waals surface area contributed by atoms with E-state index in [1.165, 1.54) is 0 Å². The van der Waals surface area contributed by atoms with Gasteiger partial charge in [-0.25, -0.2) is 4.98 Å². The van der Waals surface area contributed by atoms with Crippen LogP contribution in [-0.4, -0.2) is 29.0 Å². The topological polar surface area (TPSA) is 79.1 Å². The van der Waals surface area contributed by atoms with Crippen molar-refractivity contribution in [1.29, 1.82) is 0 Å². The fourth-order valence-corrected chi connectivity index (χ4v) is 1.03. The normalized spacial score (nSPS) is 11.6. The molecule has 0 saturated carbocycles. The first-order chi connectivity index (χ1) is 6.83. The van der Waals surface area contributed by atoms with Crippen molar-refractivity contribution in [2.75, 3.05) is 13.1 Å². The lowest BCUT2D eigenvalue weighted by Crippen LogP contribution is -2.33. The zero-order valence-electron chi connectivity index (χ0n) is 8.45. The van der Waals surface area contributed by atoms with Crippen LogP contribution in [0.2, 0.25) is 0 Å². The minimum absolute atomic E-state index is 0.520. The van der Waals surface area contributed by atoms with Crippen molar-refractivity contribution in [2.45, 2.75) is 19.8 Å². The van der Waals surface area contributed by atoms with E-state index >= 15 is 0 Å². The van der Waals surface area contributed by atoms with E-state index in [4.69, 9.17) is 5.73 Å². The number of nitrogens with two attached hydrogens (primary N) is 1. The lowest BCUT2D eigenvalue weighted by molar-refractivity contribution is 0.826. The molecule has 0 fully saturated rings. The summed E-state index contributed by atoms with van der Waals surface area (Å²) in [7, 11) is 0. The molecule has 0 atom stereocenters. The van der Waals surface area contributed by atoms with E-state index in [1.54, 1.807) is 12.5 Å². The van der Waals surface area contributed by atoms with Crippen LogP contribution in [0.25, 0.3) is 0 Å². The van der Waals surface area contributed by atoms with Gasteiger partial charge >= 0.3 is 0 Å². The molecular weight excluding hydrogens is 178 g/mol. The number of aliphatic imine (C=N–C) groups is 1. The number of aromatic amines is 1. The number of rotatable bonds is 5. The van der Waals surface area contributed by atoms with Gasteiger partial charge in [0.1, 0.15) is 0 Å². The van der Waals surface area contributed by atoms with E-state index in [-0.39, 0.29) is 0 Å². The molecule has 0 radical (unpaired) electrons. The van der Waals surface area contributed by atoms with Crippen molar-refractivity contribution in [3.8, 4) is 0 Å². The molecule has 1 rings (SSSR count). The van der Waals surface area contributed by atoms with Crippen LogP contribution in [0.15, 0.2) is 17.5 Å².